The molecule has 122 valence electrons. The normalized spacial score (nSPS) is 18.0. The summed E-state index contributed by atoms with van der Waals surface area (Å²) in [6.07, 6.45) is -10.9. The Morgan fingerprint density at radius 2 is 1.91 bits per heavy atom. The summed E-state index contributed by atoms with van der Waals surface area (Å²) >= 11 is 0. The fourth-order valence-corrected chi connectivity index (χ4v) is 1.84. The number of fused-ring (bicyclic) bond motifs is 1. The second-order valence-electron chi connectivity index (χ2n) is 4.43. The Bertz CT molecular complexity index is 569. The van der Waals surface area contributed by atoms with Crippen LogP contribution in [0.2, 0.25) is 0 Å². The Morgan fingerprint density at radius 3 is 2.50 bits per heavy atom. The van der Waals surface area contributed by atoms with E-state index in [1.54, 1.807) is 0 Å². The fraction of sp³-hybridized carbons (Fsp3) is 0.417. The highest BCUT2D eigenvalue weighted by atomic mass is 19.4. The molecule has 4 nitrogen and oxygen atoms in total. The minimum atomic E-state index is -5.12. The summed E-state index contributed by atoms with van der Waals surface area (Å²) in [5.74, 6) is -2.43. The molecule has 0 radical (unpaired) electrons. The van der Waals surface area contributed by atoms with Crippen molar-refractivity contribution in [3.63, 3.8) is 0 Å². The molecule has 10 heteroatoms. The van der Waals surface area contributed by atoms with E-state index < -0.39 is 31.2 Å². The highest BCUT2D eigenvalue weighted by Gasteiger charge is 2.43. The molecule has 1 aliphatic rings. The maximum absolute atomic E-state index is 12.1. The van der Waals surface area contributed by atoms with Gasteiger partial charge in [0.1, 0.15) is 5.75 Å². The number of ether oxygens (including phenoxy) is 2. The smallest absolute Gasteiger partial charge is 0.484 e. The molecule has 1 unspecified atom stereocenters. The van der Waals surface area contributed by atoms with Crippen LogP contribution in [0, 0.1) is 0 Å². The van der Waals surface area contributed by atoms with Crippen LogP contribution in [0.3, 0.4) is 0 Å². The van der Waals surface area contributed by atoms with Gasteiger partial charge in [-0.15, -0.1) is 0 Å². The van der Waals surface area contributed by atoms with E-state index in [4.69, 9.17) is 0 Å². The average molecular weight is 329 g/mol. The number of nitrogens with one attached hydrogen (secondary N) is 1. The summed E-state index contributed by atoms with van der Waals surface area (Å²) in [7, 11) is 0. The molecular weight excluding hydrogens is 320 g/mol. The van der Waals surface area contributed by atoms with Crippen LogP contribution in [0.4, 0.5) is 26.3 Å². The van der Waals surface area contributed by atoms with Crippen molar-refractivity contribution in [1.82, 2.24) is 5.32 Å². The van der Waals surface area contributed by atoms with Gasteiger partial charge in [-0.3, -0.25) is 5.32 Å². The van der Waals surface area contributed by atoms with E-state index >= 15 is 0 Å². The molecule has 0 saturated heterocycles. The molecule has 0 aromatic heterocycles. The first-order valence-corrected chi connectivity index (χ1v) is 5.90. The number of benzene rings is 1. The van der Waals surface area contributed by atoms with Crippen LogP contribution in [0.5, 0.6) is 5.75 Å². The van der Waals surface area contributed by atoms with Crippen LogP contribution in [-0.2, 0) is 16.1 Å². The summed E-state index contributed by atoms with van der Waals surface area (Å²) in [6, 6.07) is 3.65. The van der Waals surface area contributed by atoms with E-state index in [9.17, 15) is 31.1 Å². The van der Waals surface area contributed by atoms with Gasteiger partial charge < -0.3 is 9.47 Å². The summed E-state index contributed by atoms with van der Waals surface area (Å²) in [6.45, 7) is -1.44. The predicted molar refractivity (Wildman–Crippen MR) is 59.7 cm³/mol. The lowest BCUT2D eigenvalue weighted by Crippen LogP contribution is -2.30. The number of carbonyl (C=O) groups excluding carboxylic acids is 1. The second kappa shape index (κ2) is 5.67. The third-order valence-electron chi connectivity index (χ3n) is 2.73. The van der Waals surface area contributed by atoms with Crippen molar-refractivity contribution in [1.29, 1.82) is 0 Å². The van der Waals surface area contributed by atoms with E-state index in [1.165, 1.54) is 12.1 Å². The van der Waals surface area contributed by atoms with Crippen molar-refractivity contribution >= 4 is 5.97 Å². The summed E-state index contributed by atoms with van der Waals surface area (Å²) in [5, 5.41) is 2.50. The molecule has 1 heterocycles. The molecule has 0 aliphatic carbocycles. The molecule has 1 atom stereocenters. The van der Waals surface area contributed by atoms with E-state index in [2.05, 4.69) is 14.8 Å². The lowest BCUT2D eigenvalue weighted by molar-refractivity contribution is -0.206. The number of carbonyl (C=O) groups is 1. The molecule has 0 bridgehead atoms. The lowest BCUT2D eigenvalue weighted by Gasteiger charge is -2.15. The maximum Gasteiger partial charge on any atom is 0.490 e. The third-order valence-corrected chi connectivity index (χ3v) is 2.73. The minimum absolute atomic E-state index is 0.0361. The molecule has 2 rings (SSSR count). The first-order chi connectivity index (χ1) is 10.1. The fourth-order valence-electron chi connectivity index (χ4n) is 1.84. The molecule has 0 amide bonds. The van der Waals surface area contributed by atoms with Gasteiger partial charge in [-0.25, -0.2) is 4.79 Å². The van der Waals surface area contributed by atoms with E-state index in [-0.39, 0.29) is 17.9 Å². The van der Waals surface area contributed by atoms with Gasteiger partial charge in [-0.1, -0.05) is 0 Å². The lowest BCUT2D eigenvalue weighted by atomic mass is 10.1. The standard InChI is InChI=1S/C12H9F6NO3/c13-11(14,15)5-21-7-1-2-8-6(3-7)4-19-9(8)22-10(20)12(16,17)18/h1-3,9,19H,4-5H2. The molecule has 1 N–H and O–H groups in total. The van der Waals surface area contributed by atoms with Gasteiger partial charge in [-0.2, -0.15) is 26.3 Å². The van der Waals surface area contributed by atoms with Crippen LogP contribution in [0.25, 0.3) is 0 Å². The molecule has 0 fully saturated rings. The predicted octanol–water partition coefficient (Wildman–Crippen LogP) is 2.84. The van der Waals surface area contributed by atoms with Crippen LogP contribution in [0.1, 0.15) is 17.4 Å². The van der Waals surface area contributed by atoms with Crippen molar-refractivity contribution < 1.29 is 40.6 Å². The van der Waals surface area contributed by atoms with Crippen molar-refractivity contribution in [3.05, 3.63) is 29.3 Å². The Kier molecular flexibility index (Phi) is 4.23. The number of esters is 1. The molecule has 22 heavy (non-hydrogen) atoms. The Labute approximate surface area is 120 Å². The number of hydrogen-bond donors (Lipinski definition) is 1. The molecule has 0 saturated carbocycles. The largest absolute Gasteiger partial charge is 0.490 e. The first-order valence-electron chi connectivity index (χ1n) is 5.90. The van der Waals surface area contributed by atoms with E-state index in [0.29, 0.717) is 5.56 Å². The Hall–Kier alpha value is -1.97. The average Bonchev–Trinajstić information content (AvgIpc) is 2.77. The topological polar surface area (TPSA) is 47.6 Å². The zero-order valence-electron chi connectivity index (χ0n) is 10.7. The summed E-state index contributed by atoms with van der Waals surface area (Å²) in [4.78, 5) is 10.8. The number of hydrogen-bond acceptors (Lipinski definition) is 4. The quantitative estimate of drug-likeness (QED) is 0.684. The molecule has 0 spiro atoms. The van der Waals surface area contributed by atoms with Crippen molar-refractivity contribution in [2.75, 3.05) is 6.61 Å². The van der Waals surface area contributed by atoms with Crippen LogP contribution >= 0.6 is 0 Å². The first kappa shape index (κ1) is 16.4. The van der Waals surface area contributed by atoms with Gasteiger partial charge in [0.2, 0.25) is 0 Å². The molecule has 1 aromatic rings. The highest BCUT2D eigenvalue weighted by molar-refractivity contribution is 5.76. The zero-order valence-corrected chi connectivity index (χ0v) is 10.7. The van der Waals surface area contributed by atoms with Gasteiger partial charge in [0.25, 0.3) is 0 Å². The monoisotopic (exact) mass is 329 g/mol. The summed E-state index contributed by atoms with van der Waals surface area (Å²) < 4.78 is 81.3. The maximum atomic E-state index is 12.1. The van der Waals surface area contributed by atoms with Crippen LogP contribution < -0.4 is 10.1 Å². The molecule has 1 aliphatic heterocycles. The van der Waals surface area contributed by atoms with Gasteiger partial charge >= 0.3 is 18.3 Å². The Balaban J connectivity index is 2.06. The highest BCUT2D eigenvalue weighted by Crippen LogP contribution is 2.31. The van der Waals surface area contributed by atoms with Crippen LogP contribution in [0.15, 0.2) is 18.2 Å². The SMILES string of the molecule is O=C(OC1NCc2cc(OCC(F)(F)F)ccc21)C(F)(F)F. The Morgan fingerprint density at radius 1 is 1.23 bits per heavy atom. The van der Waals surface area contributed by atoms with Gasteiger partial charge in [-0.05, 0) is 23.8 Å². The van der Waals surface area contributed by atoms with Crippen molar-refractivity contribution in [3.8, 4) is 5.75 Å². The number of rotatable bonds is 3. The van der Waals surface area contributed by atoms with E-state index in [0.717, 1.165) is 6.07 Å². The number of alkyl halides is 6. The number of halogens is 6. The second-order valence-corrected chi connectivity index (χ2v) is 4.43. The van der Waals surface area contributed by atoms with Crippen molar-refractivity contribution in [2.24, 2.45) is 0 Å². The minimum Gasteiger partial charge on any atom is -0.484 e. The van der Waals surface area contributed by atoms with Crippen LogP contribution in [-0.4, -0.2) is 24.9 Å². The van der Waals surface area contributed by atoms with Gasteiger partial charge in [0.05, 0.1) is 0 Å². The van der Waals surface area contributed by atoms with Gasteiger partial charge in [0, 0.05) is 12.1 Å². The molecule has 1 aromatic carbocycles. The molecular formula is C12H9F6NO3. The zero-order chi connectivity index (χ0) is 16.5. The van der Waals surface area contributed by atoms with E-state index in [1.807, 2.05) is 0 Å². The summed E-state index contributed by atoms with van der Waals surface area (Å²) in [5.41, 5.74) is 0.622. The van der Waals surface area contributed by atoms with Gasteiger partial charge in [0.15, 0.2) is 12.8 Å². The third kappa shape index (κ3) is 4.03. The van der Waals surface area contributed by atoms with Crippen molar-refractivity contribution in [2.45, 2.75) is 25.1 Å².